The predicted molar refractivity (Wildman–Crippen MR) is 83.7 cm³/mol. The maximum atomic E-state index is 13.8. The number of benzene rings is 1. The van der Waals surface area contributed by atoms with Gasteiger partial charge in [0.15, 0.2) is 0 Å². The van der Waals surface area contributed by atoms with Gasteiger partial charge in [-0.15, -0.1) is 0 Å². The molecule has 1 aliphatic rings. The van der Waals surface area contributed by atoms with E-state index in [9.17, 15) is 9.50 Å². The molecular weight excluding hydrogens is 267 g/mol. The summed E-state index contributed by atoms with van der Waals surface area (Å²) in [5, 5.41) is 10.4. The zero-order valence-corrected chi connectivity index (χ0v) is 13.5. The van der Waals surface area contributed by atoms with Gasteiger partial charge in [-0.05, 0) is 32.9 Å². The standard InChI is InChI=1S/C17H27FN2O/c1-12(17(21)15-7-5-6-8-16(15)18)9-20-10-13(2)19(4)14(3)11-20/h5-8,12-14,17,21H,9-11H2,1-4H3. The molecule has 0 spiro atoms. The highest BCUT2D eigenvalue weighted by molar-refractivity contribution is 5.20. The summed E-state index contributed by atoms with van der Waals surface area (Å²) in [6.07, 6.45) is -0.753. The van der Waals surface area contributed by atoms with Gasteiger partial charge in [0, 0.05) is 37.3 Å². The molecule has 0 aliphatic carbocycles. The topological polar surface area (TPSA) is 26.7 Å². The minimum atomic E-state index is -0.753. The van der Waals surface area contributed by atoms with Crippen molar-refractivity contribution in [1.29, 1.82) is 0 Å². The lowest BCUT2D eigenvalue weighted by atomic mass is 9.95. The van der Waals surface area contributed by atoms with Crippen molar-refractivity contribution in [2.45, 2.75) is 39.0 Å². The van der Waals surface area contributed by atoms with E-state index in [0.717, 1.165) is 19.6 Å². The fourth-order valence-electron chi connectivity index (χ4n) is 3.19. The Labute approximate surface area is 127 Å². The number of aliphatic hydroxyl groups excluding tert-OH is 1. The molecule has 1 saturated heterocycles. The molecule has 0 bridgehead atoms. The number of hydrogen-bond acceptors (Lipinski definition) is 3. The van der Waals surface area contributed by atoms with Crippen LogP contribution in [0.5, 0.6) is 0 Å². The first-order chi connectivity index (χ1) is 9.90. The summed E-state index contributed by atoms with van der Waals surface area (Å²) in [6, 6.07) is 7.52. The molecule has 1 fully saturated rings. The smallest absolute Gasteiger partial charge is 0.129 e. The van der Waals surface area contributed by atoms with Crippen molar-refractivity contribution in [3.05, 3.63) is 35.6 Å². The van der Waals surface area contributed by atoms with Crippen LogP contribution in [0.15, 0.2) is 24.3 Å². The van der Waals surface area contributed by atoms with E-state index in [1.807, 2.05) is 6.92 Å². The van der Waals surface area contributed by atoms with Crippen LogP contribution in [0.2, 0.25) is 0 Å². The predicted octanol–water partition coefficient (Wildman–Crippen LogP) is 2.52. The molecule has 0 aromatic heterocycles. The number of nitrogens with zero attached hydrogens (tertiary/aromatic N) is 2. The zero-order valence-electron chi connectivity index (χ0n) is 13.5. The van der Waals surface area contributed by atoms with Gasteiger partial charge in [0.25, 0.3) is 0 Å². The average Bonchev–Trinajstić information content (AvgIpc) is 2.44. The molecule has 0 radical (unpaired) electrons. The Bertz CT molecular complexity index is 456. The van der Waals surface area contributed by atoms with E-state index in [-0.39, 0.29) is 11.7 Å². The Balaban J connectivity index is 1.98. The van der Waals surface area contributed by atoms with Crippen molar-refractivity contribution in [1.82, 2.24) is 9.80 Å². The zero-order chi connectivity index (χ0) is 15.6. The van der Waals surface area contributed by atoms with E-state index in [1.54, 1.807) is 18.2 Å². The van der Waals surface area contributed by atoms with Crippen LogP contribution in [0, 0.1) is 11.7 Å². The monoisotopic (exact) mass is 294 g/mol. The summed E-state index contributed by atoms with van der Waals surface area (Å²) < 4.78 is 13.8. The fraction of sp³-hybridized carbons (Fsp3) is 0.647. The van der Waals surface area contributed by atoms with E-state index in [2.05, 4.69) is 30.7 Å². The molecule has 1 heterocycles. The van der Waals surface area contributed by atoms with E-state index >= 15 is 0 Å². The first-order valence-corrected chi connectivity index (χ1v) is 7.77. The highest BCUT2D eigenvalue weighted by Crippen LogP contribution is 2.26. The Morgan fingerprint density at radius 1 is 1.24 bits per heavy atom. The van der Waals surface area contributed by atoms with Crippen molar-refractivity contribution >= 4 is 0 Å². The van der Waals surface area contributed by atoms with Crippen LogP contribution in [-0.4, -0.2) is 53.7 Å². The molecule has 2 rings (SSSR count). The van der Waals surface area contributed by atoms with Crippen LogP contribution in [0.25, 0.3) is 0 Å². The van der Waals surface area contributed by atoms with Gasteiger partial charge >= 0.3 is 0 Å². The fourth-order valence-corrected chi connectivity index (χ4v) is 3.19. The second-order valence-corrected chi connectivity index (χ2v) is 6.53. The molecule has 1 aromatic rings. The largest absolute Gasteiger partial charge is 0.388 e. The van der Waals surface area contributed by atoms with E-state index < -0.39 is 6.10 Å². The molecule has 118 valence electrons. The minimum absolute atomic E-state index is 0.00436. The summed E-state index contributed by atoms with van der Waals surface area (Å²) in [7, 11) is 2.16. The van der Waals surface area contributed by atoms with Crippen LogP contribution in [-0.2, 0) is 0 Å². The SMILES string of the molecule is CC(CN1CC(C)N(C)C(C)C1)C(O)c1ccccc1F. The quantitative estimate of drug-likeness (QED) is 0.924. The highest BCUT2D eigenvalue weighted by Gasteiger charge is 2.29. The normalized spacial score (nSPS) is 27.5. The lowest BCUT2D eigenvalue weighted by Gasteiger charge is -2.43. The summed E-state index contributed by atoms with van der Waals surface area (Å²) in [6.45, 7) is 9.22. The summed E-state index contributed by atoms with van der Waals surface area (Å²) in [4.78, 5) is 4.76. The second kappa shape index (κ2) is 6.86. The van der Waals surface area contributed by atoms with E-state index in [4.69, 9.17) is 0 Å². The molecular formula is C17H27FN2O. The van der Waals surface area contributed by atoms with Gasteiger partial charge < -0.3 is 5.11 Å². The third-order valence-electron chi connectivity index (χ3n) is 4.74. The molecule has 1 aliphatic heterocycles. The molecule has 1 aromatic carbocycles. The van der Waals surface area contributed by atoms with Gasteiger partial charge in [0.05, 0.1) is 6.10 Å². The minimum Gasteiger partial charge on any atom is -0.388 e. The lowest BCUT2D eigenvalue weighted by Crippen LogP contribution is -2.55. The number of hydrogen-bond donors (Lipinski definition) is 1. The first-order valence-electron chi connectivity index (χ1n) is 7.77. The van der Waals surface area contributed by atoms with Crippen molar-refractivity contribution < 1.29 is 9.50 Å². The van der Waals surface area contributed by atoms with Crippen LogP contribution >= 0.6 is 0 Å². The Morgan fingerprint density at radius 3 is 2.38 bits per heavy atom. The van der Waals surface area contributed by atoms with Crippen LogP contribution in [0.4, 0.5) is 4.39 Å². The van der Waals surface area contributed by atoms with Gasteiger partial charge in [-0.25, -0.2) is 4.39 Å². The Kier molecular flexibility index (Phi) is 5.36. The summed E-state index contributed by atoms with van der Waals surface area (Å²) in [5.41, 5.74) is 0.403. The Morgan fingerprint density at radius 2 is 1.81 bits per heavy atom. The maximum absolute atomic E-state index is 13.8. The van der Waals surface area contributed by atoms with Crippen LogP contribution in [0.3, 0.4) is 0 Å². The number of aliphatic hydroxyl groups is 1. The van der Waals surface area contributed by atoms with Crippen molar-refractivity contribution in [3.8, 4) is 0 Å². The average molecular weight is 294 g/mol. The molecule has 0 amide bonds. The van der Waals surface area contributed by atoms with Gasteiger partial charge in [-0.1, -0.05) is 25.1 Å². The lowest BCUT2D eigenvalue weighted by molar-refractivity contribution is 0.0273. The van der Waals surface area contributed by atoms with Gasteiger partial charge in [0.1, 0.15) is 5.82 Å². The van der Waals surface area contributed by atoms with Gasteiger partial charge in [-0.2, -0.15) is 0 Å². The Hall–Kier alpha value is -0.970. The second-order valence-electron chi connectivity index (χ2n) is 6.53. The van der Waals surface area contributed by atoms with Crippen molar-refractivity contribution in [2.75, 3.05) is 26.7 Å². The van der Waals surface area contributed by atoms with Gasteiger partial charge in [-0.3, -0.25) is 9.80 Å². The number of likely N-dealkylation sites (N-methyl/N-ethyl adjacent to an activating group) is 1. The molecule has 1 N–H and O–H groups in total. The molecule has 4 atom stereocenters. The molecule has 3 nitrogen and oxygen atoms in total. The first kappa shape index (κ1) is 16.4. The highest BCUT2D eigenvalue weighted by atomic mass is 19.1. The van der Waals surface area contributed by atoms with Crippen molar-refractivity contribution in [3.63, 3.8) is 0 Å². The van der Waals surface area contributed by atoms with Gasteiger partial charge in [0.2, 0.25) is 0 Å². The van der Waals surface area contributed by atoms with Crippen molar-refractivity contribution in [2.24, 2.45) is 5.92 Å². The van der Waals surface area contributed by atoms with Crippen LogP contribution < -0.4 is 0 Å². The molecule has 21 heavy (non-hydrogen) atoms. The number of piperazine rings is 1. The number of rotatable bonds is 4. The summed E-state index contributed by atoms with van der Waals surface area (Å²) in [5.74, 6) is -0.318. The van der Waals surface area contributed by atoms with E-state index in [0.29, 0.717) is 17.6 Å². The molecule has 0 saturated carbocycles. The maximum Gasteiger partial charge on any atom is 0.129 e. The van der Waals surface area contributed by atoms with Crippen LogP contribution in [0.1, 0.15) is 32.4 Å². The summed E-state index contributed by atoms with van der Waals surface area (Å²) >= 11 is 0. The molecule has 4 heteroatoms. The third kappa shape index (κ3) is 3.82. The molecule has 4 unspecified atom stereocenters. The van der Waals surface area contributed by atoms with E-state index in [1.165, 1.54) is 6.07 Å². The third-order valence-corrected chi connectivity index (χ3v) is 4.74. The number of halogens is 1.